The Balaban J connectivity index is 3.18. The average molecular weight is 255 g/mol. The van der Waals surface area contributed by atoms with E-state index in [1.54, 1.807) is 0 Å². The fourth-order valence-corrected chi connectivity index (χ4v) is 1.69. The van der Waals surface area contributed by atoms with Crippen molar-refractivity contribution in [2.45, 2.75) is 25.2 Å². The van der Waals surface area contributed by atoms with Crippen LogP contribution in [-0.4, -0.2) is 22.2 Å². The smallest absolute Gasteiger partial charge is 0.313 e. The van der Waals surface area contributed by atoms with Crippen molar-refractivity contribution < 1.29 is 24.2 Å². The minimum Gasteiger partial charge on any atom is -0.481 e. The number of carboxylic acid groups (broad SMARTS) is 2. The Morgan fingerprint density at radius 2 is 2.00 bits per heavy atom. The van der Waals surface area contributed by atoms with Crippen molar-refractivity contribution in [2.24, 2.45) is 0 Å². The number of rotatable bonds is 5. The summed E-state index contributed by atoms with van der Waals surface area (Å²) in [7, 11) is 0. The van der Waals surface area contributed by atoms with Gasteiger partial charge >= 0.3 is 11.9 Å². The van der Waals surface area contributed by atoms with Crippen molar-refractivity contribution in [3.63, 3.8) is 0 Å². The highest BCUT2D eigenvalue weighted by atomic mass is 19.1. The molecule has 1 aromatic carbocycles. The van der Waals surface area contributed by atoms with E-state index in [1.807, 2.05) is 0 Å². The van der Waals surface area contributed by atoms with Crippen molar-refractivity contribution in [1.29, 1.82) is 0 Å². The van der Waals surface area contributed by atoms with Gasteiger partial charge in [0.25, 0.3) is 0 Å². The number of halogens is 1. The Kier molecular flexibility index (Phi) is 3.90. The van der Waals surface area contributed by atoms with Gasteiger partial charge in [0.05, 0.1) is 5.41 Å². The van der Waals surface area contributed by atoms with Crippen molar-refractivity contribution in [2.75, 3.05) is 5.73 Å². The van der Waals surface area contributed by atoms with E-state index in [4.69, 9.17) is 10.8 Å². The van der Waals surface area contributed by atoms with Crippen molar-refractivity contribution in [3.05, 3.63) is 29.6 Å². The standard InChI is InChI=1S/C12H14FNO4/c1-12(11(17)18,5-4-10(15)16)8-3-2-7(14)6-9(8)13/h2-3,6H,4-5,14H2,1H3,(H,15,16)(H,17,18). The Hall–Kier alpha value is -2.11. The molecule has 0 amide bonds. The molecule has 0 bridgehead atoms. The van der Waals surface area contributed by atoms with Gasteiger partial charge in [-0.05, 0) is 25.5 Å². The summed E-state index contributed by atoms with van der Waals surface area (Å²) >= 11 is 0. The van der Waals surface area contributed by atoms with Crippen LogP contribution in [0.1, 0.15) is 25.3 Å². The predicted octanol–water partition coefficient (Wildman–Crippen LogP) is 1.61. The molecule has 0 spiro atoms. The van der Waals surface area contributed by atoms with Crippen LogP contribution in [0.25, 0.3) is 0 Å². The Bertz CT molecular complexity index is 489. The van der Waals surface area contributed by atoms with Crippen LogP contribution in [0.2, 0.25) is 0 Å². The molecule has 0 saturated carbocycles. The van der Waals surface area contributed by atoms with Gasteiger partial charge in [0, 0.05) is 17.7 Å². The number of carbonyl (C=O) groups is 2. The molecule has 0 aliphatic heterocycles. The summed E-state index contributed by atoms with van der Waals surface area (Å²) in [5.41, 5.74) is 3.92. The monoisotopic (exact) mass is 255 g/mol. The van der Waals surface area contributed by atoms with Gasteiger partial charge in [0.2, 0.25) is 0 Å². The first-order valence-electron chi connectivity index (χ1n) is 5.28. The topological polar surface area (TPSA) is 101 Å². The van der Waals surface area contributed by atoms with Crippen molar-refractivity contribution in [3.8, 4) is 0 Å². The fourth-order valence-electron chi connectivity index (χ4n) is 1.69. The highest BCUT2D eigenvalue weighted by Crippen LogP contribution is 2.32. The maximum atomic E-state index is 13.7. The highest BCUT2D eigenvalue weighted by molar-refractivity contribution is 5.82. The largest absolute Gasteiger partial charge is 0.481 e. The molecule has 1 unspecified atom stereocenters. The summed E-state index contributed by atoms with van der Waals surface area (Å²) in [6, 6.07) is 3.69. The predicted molar refractivity (Wildman–Crippen MR) is 62.7 cm³/mol. The number of nitrogens with two attached hydrogens (primary N) is 1. The van der Waals surface area contributed by atoms with Crippen LogP contribution in [0.4, 0.5) is 10.1 Å². The van der Waals surface area contributed by atoms with Crippen LogP contribution >= 0.6 is 0 Å². The van der Waals surface area contributed by atoms with Gasteiger partial charge in [-0.15, -0.1) is 0 Å². The molecule has 0 radical (unpaired) electrons. The molecule has 1 aromatic rings. The number of carboxylic acids is 2. The van der Waals surface area contributed by atoms with E-state index < -0.39 is 23.2 Å². The lowest BCUT2D eigenvalue weighted by molar-refractivity contribution is -0.144. The first-order valence-corrected chi connectivity index (χ1v) is 5.28. The number of hydrogen-bond donors (Lipinski definition) is 3. The number of anilines is 1. The maximum absolute atomic E-state index is 13.7. The molecule has 0 aliphatic carbocycles. The summed E-state index contributed by atoms with van der Waals surface area (Å²) in [5, 5.41) is 17.8. The molecule has 18 heavy (non-hydrogen) atoms. The zero-order valence-electron chi connectivity index (χ0n) is 9.81. The van der Waals surface area contributed by atoms with Crippen LogP contribution in [-0.2, 0) is 15.0 Å². The molecule has 4 N–H and O–H groups in total. The lowest BCUT2D eigenvalue weighted by Gasteiger charge is -2.25. The first kappa shape index (κ1) is 14.0. The highest BCUT2D eigenvalue weighted by Gasteiger charge is 2.37. The average Bonchev–Trinajstić information content (AvgIpc) is 2.25. The number of hydrogen-bond acceptors (Lipinski definition) is 3. The molecule has 0 aromatic heterocycles. The summed E-state index contributed by atoms with van der Waals surface area (Å²) in [5.74, 6) is -3.14. The van der Waals surface area contributed by atoms with E-state index in [1.165, 1.54) is 19.1 Å². The molecule has 98 valence electrons. The van der Waals surface area contributed by atoms with Gasteiger partial charge in [-0.1, -0.05) is 6.07 Å². The molecule has 0 saturated heterocycles. The summed E-state index contributed by atoms with van der Waals surface area (Å²) in [4.78, 5) is 21.8. The van der Waals surface area contributed by atoms with E-state index in [9.17, 15) is 19.1 Å². The second kappa shape index (κ2) is 5.03. The van der Waals surface area contributed by atoms with Crippen molar-refractivity contribution >= 4 is 17.6 Å². The van der Waals surface area contributed by atoms with Crippen LogP contribution in [0.5, 0.6) is 0 Å². The minimum absolute atomic E-state index is 0.0644. The quantitative estimate of drug-likeness (QED) is 0.694. The minimum atomic E-state index is -1.59. The van der Waals surface area contributed by atoms with E-state index in [0.29, 0.717) is 0 Å². The van der Waals surface area contributed by atoms with Gasteiger partial charge in [-0.2, -0.15) is 0 Å². The molecular weight excluding hydrogens is 241 g/mol. The molecule has 0 aliphatic rings. The molecule has 1 rings (SSSR count). The van der Waals surface area contributed by atoms with Crippen LogP contribution in [0, 0.1) is 5.82 Å². The number of nitrogen functional groups attached to an aromatic ring is 1. The Labute approximate surface area is 103 Å². The third-order valence-electron chi connectivity index (χ3n) is 2.90. The van der Waals surface area contributed by atoms with E-state index in [-0.39, 0.29) is 24.1 Å². The summed E-state index contributed by atoms with van der Waals surface area (Å²) < 4.78 is 13.7. The van der Waals surface area contributed by atoms with E-state index in [2.05, 4.69) is 0 Å². The van der Waals surface area contributed by atoms with Crippen LogP contribution < -0.4 is 5.73 Å². The first-order chi connectivity index (χ1) is 8.27. The second-order valence-corrected chi connectivity index (χ2v) is 4.27. The fraction of sp³-hybridized carbons (Fsp3) is 0.333. The van der Waals surface area contributed by atoms with Gasteiger partial charge in [0.15, 0.2) is 0 Å². The third kappa shape index (κ3) is 2.77. The van der Waals surface area contributed by atoms with E-state index in [0.717, 1.165) is 6.07 Å². The molecule has 0 fully saturated rings. The molecule has 1 atom stereocenters. The third-order valence-corrected chi connectivity index (χ3v) is 2.90. The van der Waals surface area contributed by atoms with Gasteiger partial charge < -0.3 is 15.9 Å². The van der Waals surface area contributed by atoms with Crippen molar-refractivity contribution in [1.82, 2.24) is 0 Å². The summed E-state index contributed by atoms with van der Waals surface area (Å²) in [6.07, 6.45) is -0.550. The van der Waals surface area contributed by atoms with Crippen LogP contribution in [0.3, 0.4) is 0 Å². The van der Waals surface area contributed by atoms with E-state index >= 15 is 0 Å². The van der Waals surface area contributed by atoms with Gasteiger partial charge in [-0.3, -0.25) is 9.59 Å². The molecular formula is C12H14FNO4. The number of aliphatic carboxylic acids is 2. The number of benzene rings is 1. The summed E-state index contributed by atoms with van der Waals surface area (Å²) in [6.45, 7) is 1.30. The van der Waals surface area contributed by atoms with Gasteiger partial charge in [0.1, 0.15) is 5.82 Å². The van der Waals surface area contributed by atoms with Crippen LogP contribution in [0.15, 0.2) is 18.2 Å². The zero-order chi connectivity index (χ0) is 13.9. The zero-order valence-corrected chi connectivity index (χ0v) is 9.81. The Morgan fingerprint density at radius 3 is 2.44 bits per heavy atom. The molecule has 5 nitrogen and oxygen atoms in total. The molecule has 6 heteroatoms. The Morgan fingerprint density at radius 1 is 1.39 bits per heavy atom. The lowest BCUT2D eigenvalue weighted by Crippen LogP contribution is -2.34. The maximum Gasteiger partial charge on any atom is 0.313 e. The SMILES string of the molecule is CC(CCC(=O)O)(C(=O)O)c1ccc(N)cc1F. The lowest BCUT2D eigenvalue weighted by atomic mass is 9.78. The molecule has 0 heterocycles. The van der Waals surface area contributed by atoms with Gasteiger partial charge in [-0.25, -0.2) is 4.39 Å². The second-order valence-electron chi connectivity index (χ2n) is 4.27. The normalized spacial score (nSPS) is 13.9.